The molecular weight excluding hydrogens is 206 g/mol. The monoisotopic (exact) mass is 225 g/mol. The molecule has 4 heteroatoms. The highest BCUT2D eigenvalue weighted by atomic mass is 16.5. The van der Waals surface area contributed by atoms with E-state index in [1.165, 1.54) is 0 Å². The van der Waals surface area contributed by atoms with Gasteiger partial charge in [-0.1, -0.05) is 0 Å². The van der Waals surface area contributed by atoms with Crippen LogP contribution in [0.4, 0.5) is 0 Å². The third-order valence-corrected chi connectivity index (χ3v) is 2.61. The van der Waals surface area contributed by atoms with Gasteiger partial charge in [0.1, 0.15) is 11.5 Å². The second-order valence-electron chi connectivity index (χ2n) is 3.61. The Hall–Kier alpha value is -1.26. The van der Waals surface area contributed by atoms with Crippen LogP contribution in [0.2, 0.25) is 0 Å². The molecule has 0 spiro atoms. The molecule has 0 aliphatic heterocycles. The summed E-state index contributed by atoms with van der Waals surface area (Å²) in [6.45, 7) is 2.34. The topological polar surface area (TPSA) is 64.7 Å². The first-order chi connectivity index (χ1) is 7.65. The minimum Gasteiger partial charge on any atom is -0.496 e. The third-order valence-electron chi connectivity index (χ3n) is 2.61. The van der Waals surface area contributed by atoms with Crippen LogP contribution in [-0.4, -0.2) is 25.9 Å². The van der Waals surface area contributed by atoms with Gasteiger partial charge in [-0.2, -0.15) is 0 Å². The highest BCUT2D eigenvalue weighted by molar-refractivity contribution is 5.50. The van der Waals surface area contributed by atoms with Crippen LogP contribution >= 0.6 is 0 Å². The number of hydrogen-bond acceptors (Lipinski definition) is 4. The molecule has 1 atom stereocenters. The molecule has 0 aliphatic rings. The summed E-state index contributed by atoms with van der Waals surface area (Å²) in [5, 5.41) is 9.92. The Balaban J connectivity index is 3.14. The van der Waals surface area contributed by atoms with Gasteiger partial charge in [-0.15, -0.1) is 0 Å². The van der Waals surface area contributed by atoms with Crippen LogP contribution < -0.4 is 15.2 Å². The molecule has 0 radical (unpaired) electrons. The van der Waals surface area contributed by atoms with Crippen molar-refractivity contribution in [1.29, 1.82) is 0 Å². The minimum absolute atomic E-state index is 0.440. The maximum absolute atomic E-state index is 9.92. The SMILES string of the molecule is COc1ccc(C(O)CCN)c(OC)c1C. The number of rotatable bonds is 5. The first kappa shape index (κ1) is 12.8. The van der Waals surface area contributed by atoms with Crippen molar-refractivity contribution < 1.29 is 14.6 Å². The summed E-state index contributed by atoms with van der Waals surface area (Å²) in [6.07, 6.45) is -0.0770. The standard InChI is InChI=1S/C12H19NO3/c1-8-11(15-2)5-4-9(12(8)16-3)10(14)6-7-13/h4-5,10,14H,6-7,13H2,1-3H3. The lowest BCUT2D eigenvalue weighted by Crippen LogP contribution is -2.08. The van der Waals surface area contributed by atoms with Crippen LogP contribution in [0.5, 0.6) is 11.5 Å². The van der Waals surface area contributed by atoms with E-state index in [9.17, 15) is 5.11 Å². The Morgan fingerprint density at radius 1 is 1.31 bits per heavy atom. The van der Waals surface area contributed by atoms with E-state index in [4.69, 9.17) is 15.2 Å². The van der Waals surface area contributed by atoms with Crippen LogP contribution in [-0.2, 0) is 0 Å². The lowest BCUT2D eigenvalue weighted by Gasteiger charge is -2.17. The van der Waals surface area contributed by atoms with Gasteiger partial charge in [0, 0.05) is 11.1 Å². The molecule has 16 heavy (non-hydrogen) atoms. The molecular formula is C12H19NO3. The van der Waals surface area contributed by atoms with Gasteiger partial charge in [-0.05, 0) is 32.0 Å². The van der Waals surface area contributed by atoms with Crippen LogP contribution in [0.1, 0.15) is 23.7 Å². The number of hydrogen-bond donors (Lipinski definition) is 2. The van der Waals surface area contributed by atoms with E-state index in [1.54, 1.807) is 14.2 Å². The van der Waals surface area contributed by atoms with Crippen molar-refractivity contribution in [2.75, 3.05) is 20.8 Å². The van der Waals surface area contributed by atoms with E-state index < -0.39 is 6.10 Å². The fourth-order valence-electron chi connectivity index (χ4n) is 1.76. The lowest BCUT2D eigenvalue weighted by atomic mass is 10.0. The van der Waals surface area contributed by atoms with E-state index >= 15 is 0 Å². The summed E-state index contributed by atoms with van der Waals surface area (Å²) in [7, 11) is 3.19. The van der Waals surface area contributed by atoms with Gasteiger partial charge in [-0.3, -0.25) is 0 Å². The Bertz CT molecular complexity index is 352. The number of aliphatic hydroxyl groups is 1. The molecule has 1 unspecified atom stereocenters. The zero-order chi connectivity index (χ0) is 12.1. The van der Waals surface area contributed by atoms with E-state index in [-0.39, 0.29) is 0 Å². The van der Waals surface area contributed by atoms with Crippen molar-refractivity contribution in [1.82, 2.24) is 0 Å². The molecule has 1 rings (SSSR count). The summed E-state index contributed by atoms with van der Waals surface area (Å²) in [6, 6.07) is 3.64. The molecule has 90 valence electrons. The van der Waals surface area contributed by atoms with Crippen molar-refractivity contribution in [3.05, 3.63) is 23.3 Å². The Kier molecular flexibility index (Phi) is 4.58. The van der Waals surface area contributed by atoms with Crippen molar-refractivity contribution >= 4 is 0 Å². The Labute approximate surface area is 96.0 Å². The molecule has 0 aromatic heterocycles. The van der Waals surface area contributed by atoms with Gasteiger partial charge in [0.05, 0.1) is 20.3 Å². The highest BCUT2D eigenvalue weighted by Crippen LogP contribution is 2.35. The zero-order valence-electron chi connectivity index (χ0n) is 9.99. The normalized spacial score (nSPS) is 12.3. The van der Waals surface area contributed by atoms with Crippen LogP contribution in [0.25, 0.3) is 0 Å². The number of aliphatic hydroxyl groups excluding tert-OH is 1. The van der Waals surface area contributed by atoms with Gasteiger partial charge < -0.3 is 20.3 Å². The molecule has 0 saturated carbocycles. The van der Waals surface area contributed by atoms with Gasteiger partial charge in [0.2, 0.25) is 0 Å². The molecule has 0 bridgehead atoms. The molecule has 4 nitrogen and oxygen atoms in total. The Morgan fingerprint density at radius 3 is 2.50 bits per heavy atom. The number of ether oxygens (including phenoxy) is 2. The Morgan fingerprint density at radius 2 is 2.00 bits per heavy atom. The van der Waals surface area contributed by atoms with Gasteiger partial charge in [0.15, 0.2) is 0 Å². The minimum atomic E-state index is -0.593. The first-order valence-electron chi connectivity index (χ1n) is 5.25. The number of methoxy groups -OCH3 is 2. The molecule has 0 fully saturated rings. The van der Waals surface area contributed by atoms with E-state index in [1.807, 2.05) is 19.1 Å². The highest BCUT2D eigenvalue weighted by Gasteiger charge is 2.16. The summed E-state index contributed by atoms with van der Waals surface area (Å²) in [4.78, 5) is 0. The molecule has 1 aromatic carbocycles. The molecule has 0 amide bonds. The van der Waals surface area contributed by atoms with Crippen LogP contribution in [0.15, 0.2) is 12.1 Å². The maximum Gasteiger partial charge on any atom is 0.131 e. The fourth-order valence-corrected chi connectivity index (χ4v) is 1.76. The second kappa shape index (κ2) is 5.72. The average molecular weight is 225 g/mol. The van der Waals surface area contributed by atoms with Crippen molar-refractivity contribution in [3.63, 3.8) is 0 Å². The van der Waals surface area contributed by atoms with E-state index in [2.05, 4.69) is 0 Å². The van der Waals surface area contributed by atoms with Crippen molar-refractivity contribution in [2.45, 2.75) is 19.4 Å². The predicted octanol–water partition coefficient (Wildman–Crippen LogP) is 1.39. The summed E-state index contributed by atoms with van der Waals surface area (Å²) in [5.41, 5.74) is 7.07. The van der Waals surface area contributed by atoms with E-state index in [0.717, 1.165) is 16.9 Å². The summed E-state index contributed by atoms with van der Waals surface area (Å²) < 4.78 is 10.5. The predicted molar refractivity (Wildman–Crippen MR) is 62.9 cm³/mol. The first-order valence-corrected chi connectivity index (χ1v) is 5.25. The number of benzene rings is 1. The van der Waals surface area contributed by atoms with Crippen LogP contribution in [0.3, 0.4) is 0 Å². The largest absolute Gasteiger partial charge is 0.496 e. The van der Waals surface area contributed by atoms with E-state index in [0.29, 0.717) is 18.7 Å². The molecule has 0 saturated heterocycles. The molecule has 0 heterocycles. The van der Waals surface area contributed by atoms with Gasteiger partial charge >= 0.3 is 0 Å². The van der Waals surface area contributed by atoms with Gasteiger partial charge in [-0.25, -0.2) is 0 Å². The van der Waals surface area contributed by atoms with Crippen molar-refractivity contribution in [2.24, 2.45) is 5.73 Å². The lowest BCUT2D eigenvalue weighted by molar-refractivity contribution is 0.166. The quantitative estimate of drug-likeness (QED) is 0.795. The van der Waals surface area contributed by atoms with Gasteiger partial charge in [0.25, 0.3) is 0 Å². The molecule has 3 N–H and O–H groups in total. The zero-order valence-corrected chi connectivity index (χ0v) is 9.99. The van der Waals surface area contributed by atoms with Crippen LogP contribution in [0, 0.1) is 6.92 Å². The third kappa shape index (κ3) is 2.46. The second-order valence-corrected chi connectivity index (χ2v) is 3.61. The average Bonchev–Trinajstić information content (AvgIpc) is 2.28. The summed E-state index contributed by atoms with van der Waals surface area (Å²) in [5.74, 6) is 1.42. The fraction of sp³-hybridized carbons (Fsp3) is 0.500. The number of nitrogens with two attached hydrogens (primary N) is 1. The molecule has 1 aromatic rings. The van der Waals surface area contributed by atoms with Crippen molar-refractivity contribution in [3.8, 4) is 11.5 Å². The maximum atomic E-state index is 9.92. The smallest absolute Gasteiger partial charge is 0.131 e. The molecule has 0 aliphatic carbocycles. The summed E-state index contributed by atoms with van der Waals surface area (Å²) >= 11 is 0.